The minimum atomic E-state index is -0.944. The number of carbonyl (C=O) groups excluding carboxylic acids is 1. The van der Waals surface area contributed by atoms with Gasteiger partial charge >= 0.3 is 0 Å². The van der Waals surface area contributed by atoms with Gasteiger partial charge in [0.1, 0.15) is 5.76 Å². The standard InChI is InChI=1S/C12H16N2O3/c1-7-5-10(15)14(11(7)16)9-6-8(17-13-9)12(2,3)4/h5-6,11,16H,1-4H3. The Labute approximate surface area is 99.7 Å². The van der Waals surface area contributed by atoms with Crippen molar-refractivity contribution >= 4 is 11.7 Å². The lowest BCUT2D eigenvalue weighted by Crippen LogP contribution is -2.34. The summed E-state index contributed by atoms with van der Waals surface area (Å²) in [5.74, 6) is 0.751. The molecule has 0 saturated carbocycles. The molecule has 5 heteroatoms. The minimum absolute atomic E-state index is 0.179. The number of carbonyl (C=O) groups is 1. The van der Waals surface area contributed by atoms with Crippen LogP contribution in [-0.4, -0.2) is 22.4 Å². The molecular weight excluding hydrogens is 220 g/mol. The fraction of sp³-hybridized carbons (Fsp3) is 0.500. The Hall–Kier alpha value is -1.62. The van der Waals surface area contributed by atoms with E-state index >= 15 is 0 Å². The topological polar surface area (TPSA) is 66.6 Å². The fourth-order valence-corrected chi connectivity index (χ4v) is 1.63. The number of aliphatic hydroxyl groups excluding tert-OH is 1. The summed E-state index contributed by atoms with van der Waals surface area (Å²) in [5.41, 5.74) is 0.428. The number of aliphatic hydroxyl groups is 1. The van der Waals surface area contributed by atoms with Gasteiger partial charge in [0.05, 0.1) is 0 Å². The third-order valence-electron chi connectivity index (χ3n) is 2.72. The molecule has 17 heavy (non-hydrogen) atoms. The number of nitrogens with zero attached hydrogens (tertiary/aromatic N) is 2. The first-order chi connectivity index (χ1) is 7.80. The van der Waals surface area contributed by atoms with E-state index in [9.17, 15) is 9.90 Å². The van der Waals surface area contributed by atoms with Gasteiger partial charge in [0.25, 0.3) is 5.91 Å². The van der Waals surface area contributed by atoms with Gasteiger partial charge in [-0.3, -0.25) is 9.69 Å². The van der Waals surface area contributed by atoms with E-state index in [0.717, 1.165) is 0 Å². The Morgan fingerprint density at radius 3 is 2.53 bits per heavy atom. The molecule has 1 aromatic rings. The van der Waals surface area contributed by atoms with Crippen LogP contribution < -0.4 is 4.90 Å². The van der Waals surface area contributed by atoms with Crippen LogP contribution in [0.3, 0.4) is 0 Å². The zero-order valence-corrected chi connectivity index (χ0v) is 10.4. The number of hydrogen-bond donors (Lipinski definition) is 1. The first-order valence-corrected chi connectivity index (χ1v) is 5.47. The van der Waals surface area contributed by atoms with Gasteiger partial charge < -0.3 is 9.63 Å². The number of rotatable bonds is 1. The zero-order chi connectivity index (χ0) is 12.8. The highest BCUT2D eigenvalue weighted by molar-refractivity contribution is 6.04. The van der Waals surface area contributed by atoms with Gasteiger partial charge in [-0.15, -0.1) is 0 Å². The predicted octanol–water partition coefficient (Wildman–Crippen LogP) is 1.58. The van der Waals surface area contributed by atoms with Crippen molar-refractivity contribution in [2.24, 2.45) is 0 Å². The monoisotopic (exact) mass is 236 g/mol. The maximum Gasteiger partial charge on any atom is 0.254 e. The summed E-state index contributed by atoms with van der Waals surface area (Å²) in [7, 11) is 0. The van der Waals surface area contributed by atoms with Crippen molar-refractivity contribution in [1.29, 1.82) is 0 Å². The molecule has 1 atom stereocenters. The Kier molecular flexibility index (Phi) is 2.58. The second-order valence-corrected chi connectivity index (χ2v) is 5.27. The Bertz CT molecular complexity index is 482. The van der Waals surface area contributed by atoms with Crippen molar-refractivity contribution in [3.05, 3.63) is 23.5 Å². The second-order valence-electron chi connectivity index (χ2n) is 5.27. The van der Waals surface area contributed by atoms with Crippen LogP contribution in [0.15, 0.2) is 22.2 Å². The quantitative estimate of drug-likeness (QED) is 0.804. The van der Waals surface area contributed by atoms with E-state index in [1.807, 2.05) is 20.8 Å². The van der Waals surface area contributed by atoms with Gasteiger partial charge in [-0.1, -0.05) is 25.9 Å². The van der Waals surface area contributed by atoms with Crippen molar-refractivity contribution in [3.8, 4) is 0 Å². The second kappa shape index (κ2) is 3.70. The van der Waals surface area contributed by atoms with Gasteiger partial charge in [0.15, 0.2) is 12.0 Å². The van der Waals surface area contributed by atoms with Crippen LogP contribution in [0.25, 0.3) is 0 Å². The van der Waals surface area contributed by atoms with E-state index in [1.54, 1.807) is 13.0 Å². The average molecular weight is 236 g/mol. The molecule has 1 unspecified atom stereocenters. The summed E-state index contributed by atoms with van der Waals surface area (Å²) in [5, 5.41) is 13.7. The van der Waals surface area contributed by atoms with E-state index in [2.05, 4.69) is 5.16 Å². The van der Waals surface area contributed by atoms with Gasteiger partial charge in [0, 0.05) is 17.6 Å². The molecule has 0 bridgehead atoms. The van der Waals surface area contributed by atoms with Crippen molar-refractivity contribution in [3.63, 3.8) is 0 Å². The van der Waals surface area contributed by atoms with Gasteiger partial charge in [0.2, 0.25) is 0 Å². The Balaban J connectivity index is 2.31. The Morgan fingerprint density at radius 1 is 1.47 bits per heavy atom. The number of hydrogen-bond acceptors (Lipinski definition) is 4. The molecule has 1 N–H and O–H groups in total. The molecule has 1 aliphatic rings. The normalized spacial score (nSPS) is 21.0. The Morgan fingerprint density at radius 2 is 2.12 bits per heavy atom. The first-order valence-electron chi connectivity index (χ1n) is 5.47. The molecule has 0 spiro atoms. The summed E-state index contributed by atoms with van der Waals surface area (Å²) in [6.07, 6.45) is 0.455. The van der Waals surface area contributed by atoms with E-state index in [4.69, 9.17) is 4.52 Å². The van der Waals surface area contributed by atoms with Gasteiger partial charge in [-0.05, 0) is 12.5 Å². The molecule has 92 valence electrons. The first kappa shape index (κ1) is 11.9. The molecule has 0 fully saturated rings. The largest absolute Gasteiger partial charge is 0.369 e. The molecule has 0 aromatic carbocycles. The summed E-state index contributed by atoms with van der Waals surface area (Å²) < 4.78 is 5.20. The molecule has 0 aliphatic carbocycles. The van der Waals surface area contributed by atoms with E-state index in [1.165, 1.54) is 11.0 Å². The molecular formula is C12H16N2O3. The van der Waals surface area contributed by atoms with Gasteiger partial charge in [-0.25, -0.2) is 0 Å². The smallest absolute Gasteiger partial charge is 0.254 e. The number of anilines is 1. The lowest BCUT2D eigenvalue weighted by Gasteiger charge is -2.18. The summed E-state index contributed by atoms with van der Waals surface area (Å²) in [6.45, 7) is 7.67. The third kappa shape index (κ3) is 1.98. The molecule has 0 radical (unpaired) electrons. The highest BCUT2D eigenvalue weighted by Gasteiger charge is 2.33. The molecule has 1 amide bonds. The van der Waals surface area contributed by atoms with Crippen molar-refractivity contribution in [1.82, 2.24) is 5.16 Å². The average Bonchev–Trinajstić information content (AvgIpc) is 2.73. The van der Waals surface area contributed by atoms with E-state index in [0.29, 0.717) is 17.2 Å². The SMILES string of the molecule is CC1=CC(=O)N(c2cc(C(C)(C)C)on2)C1O. The van der Waals surface area contributed by atoms with Gasteiger partial charge in [-0.2, -0.15) is 0 Å². The molecule has 1 aromatic heterocycles. The van der Waals surface area contributed by atoms with E-state index in [-0.39, 0.29) is 11.3 Å². The zero-order valence-electron chi connectivity index (χ0n) is 10.4. The maximum absolute atomic E-state index is 11.7. The van der Waals surface area contributed by atoms with E-state index < -0.39 is 6.23 Å². The highest BCUT2D eigenvalue weighted by atomic mass is 16.5. The summed E-state index contributed by atoms with van der Waals surface area (Å²) in [4.78, 5) is 12.9. The van der Waals surface area contributed by atoms with Crippen LogP contribution in [0.2, 0.25) is 0 Å². The maximum atomic E-state index is 11.7. The van der Waals surface area contributed by atoms with Crippen molar-refractivity contribution in [2.45, 2.75) is 39.3 Å². The molecule has 0 saturated heterocycles. The fourth-order valence-electron chi connectivity index (χ4n) is 1.63. The summed E-state index contributed by atoms with van der Waals surface area (Å²) in [6, 6.07) is 1.69. The van der Waals surface area contributed by atoms with Crippen LogP contribution >= 0.6 is 0 Å². The predicted molar refractivity (Wildman–Crippen MR) is 62.5 cm³/mol. The van der Waals surface area contributed by atoms with Crippen LogP contribution in [-0.2, 0) is 10.2 Å². The minimum Gasteiger partial charge on any atom is -0.369 e. The van der Waals surface area contributed by atoms with Crippen LogP contribution in [0, 0.1) is 0 Å². The number of aromatic nitrogens is 1. The molecule has 2 heterocycles. The van der Waals surface area contributed by atoms with Crippen LogP contribution in [0.1, 0.15) is 33.5 Å². The molecule has 2 rings (SSSR count). The molecule has 5 nitrogen and oxygen atoms in total. The van der Waals surface area contributed by atoms with Crippen LogP contribution in [0.5, 0.6) is 0 Å². The highest BCUT2D eigenvalue weighted by Crippen LogP contribution is 2.29. The summed E-state index contributed by atoms with van der Waals surface area (Å²) >= 11 is 0. The lowest BCUT2D eigenvalue weighted by atomic mass is 9.93. The van der Waals surface area contributed by atoms with Crippen molar-refractivity contribution < 1.29 is 14.4 Å². The van der Waals surface area contributed by atoms with Crippen LogP contribution in [0.4, 0.5) is 5.82 Å². The third-order valence-corrected chi connectivity index (χ3v) is 2.72. The number of amides is 1. The lowest BCUT2D eigenvalue weighted by molar-refractivity contribution is -0.114. The van der Waals surface area contributed by atoms with Crippen molar-refractivity contribution in [2.75, 3.05) is 4.90 Å². The molecule has 1 aliphatic heterocycles.